The summed E-state index contributed by atoms with van der Waals surface area (Å²) in [5.41, 5.74) is 4.21. The Labute approximate surface area is 197 Å². The van der Waals surface area contributed by atoms with Gasteiger partial charge in [0.15, 0.2) is 5.65 Å². The van der Waals surface area contributed by atoms with Crippen LogP contribution in [0.3, 0.4) is 0 Å². The van der Waals surface area contributed by atoms with Gasteiger partial charge in [-0.3, -0.25) is 4.79 Å². The molecule has 0 radical (unpaired) electrons. The molecule has 1 aromatic carbocycles. The van der Waals surface area contributed by atoms with E-state index in [9.17, 15) is 4.79 Å². The van der Waals surface area contributed by atoms with Gasteiger partial charge in [-0.15, -0.1) is 11.3 Å². The molecule has 0 atom stereocenters. The van der Waals surface area contributed by atoms with Crippen molar-refractivity contribution < 1.29 is 0 Å². The molecule has 0 aliphatic carbocycles. The van der Waals surface area contributed by atoms with Crippen LogP contribution in [0.2, 0.25) is 0 Å². The van der Waals surface area contributed by atoms with Crippen molar-refractivity contribution in [3.63, 3.8) is 0 Å². The van der Waals surface area contributed by atoms with Gasteiger partial charge < -0.3 is 10.6 Å². The molecule has 8 heteroatoms. The van der Waals surface area contributed by atoms with E-state index in [0.717, 1.165) is 30.2 Å². The SMILES string of the molecule is CC(C)n1c(=O)c2cnc(Nc3ccc4c(c3)CNCC4)nc2n1-c1ccc(C(C)(C)C)s1. The third-order valence-corrected chi connectivity index (χ3v) is 7.49. The number of fused-ring (bicyclic) bond motifs is 2. The van der Waals surface area contributed by atoms with Gasteiger partial charge in [-0.25, -0.2) is 14.3 Å². The third-order valence-electron chi connectivity index (χ3n) is 6.00. The lowest BCUT2D eigenvalue weighted by molar-refractivity contribution is 0.478. The molecule has 0 unspecified atom stereocenters. The van der Waals surface area contributed by atoms with Crippen LogP contribution >= 0.6 is 11.3 Å². The Morgan fingerprint density at radius 1 is 1.15 bits per heavy atom. The number of aromatic nitrogens is 4. The average Bonchev–Trinajstić information content (AvgIpc) is 3.37. The van der Waals surface area contributed by atoms with Gasteiger partial charge >= 0.3 is 0 Å². The molecule has 1 aliphatic heterocycles. The van der Waals surface area contributed by atoms with Crippen LogP contribution in [-0.2, 0) is 18.4 Å². The minimum atomic E-state index is -0.0721. The van der Waals surface area contributed by atoms with Gasteiger partial charge in [-0.05, 0) is 67.6 Å². The molecule has 4 heterocycles. The van der Waals surface area contributed by atoms with Crippen LogP contribution in [0.15, 0.2) is 41.3 Å². The van der Waals surface area contributed by atoms with E-state index in [2.05, 4.69) is 66.7 Å². The molecule has 172 valence electrons. The maximum absolute atomic E-state index is 13.2. The summed E-state index contributed by atoms with van der Waals surface area (Å²) < 4.78 is 3.72. The van der Waals surface area contributed by atoms with Gasteiger partial charge in [-0.2, -0.15) is 4.98 Å². The van der Waals surface area contributed by atoms with E-state index in [0.29, 0.717) is 17.0 Å². The topological polar surface area (TPSA) is 76.8 Å². The van der Waals surface area contributed by atoms with Crippen molar-refractivity contribution in [3.8, 4) is 5.00 Å². The fourth-order valence-electron chi connectivity index (χ4n) is 4.27. The molecule has 0 saturated carbocycles. The summed E-state index contributed by atoms with van der Waals surface area (Å²) in [6, 6.07) is 10.6. The summed E-state index contributed by atoms with van der Waals surface area (Å²) in [6.45, 7) is 12.5. The van der Waals surface area contributed by atoms with Crippen molar-refractivity contribution in [2.75, 3.05) is 11.9 Å². The highest BCUT2D eigenvalue weighted by Gasteiger charge is 2.23. The van der Waals surface area contributed by atoms with Gasteiger partial charge in [-0.1, -0.05) is 26.8 Å². The highest BCUT2D eigenvalue weighted by molar-refractivity contribution is 7.14. The molecule has 33 heavy (non-hydrogen) atoms. The molecule has 3 aromatic heterocycles. The zero-order valence-corrected chi connectivity index (χ0v) is 20.6. The normalized spacial score (nSPS) is 14.1. The second-order valence-corrected chi connectivity index (χ2v) is 11.0. The highest BCUT2D eigenvalue weighted by Crippen LogP contribution is 2.33. The van der Waals surface area contributed by atoms with E-state index < -0.39 is 0 Å². The summed E-state index contributed by atoms with van der Waals surface area (Å²) >= 11 is 1.69. The average molecular weight is 463 g/mol. The number of benzene rings is 1. The van der Waals surface area contributed by atoms with E-state index in [1.165, 1.54) is 16.0 Å². The van der Waals surface area contributed by atoms with Gasteiger partial charge in [0.2, 0.25) is 5.95 Å². The molecule has 0 fully saturated rings. The molecular formula is C25H30N6OS. The molecule has 0 bridgehead atoms. The first kappa shape index (κ1) is 21.9. The number of rotatable bonds is 4. The molecule has 7 nitrogen and oxygen atoms in total. The molecular weight excluding hydrogens is 432 g/mol. The second kappa shape index (κ2) is 8.11. The summed E-state index contributed by atoms with van der Waals surface area (Å²) in [5.74, 6) is 0.480. The monoisotopic (exact) mass is 462 g/mol. The van der Waals surface area contributed by atoms with E-state index in [4.69, 9.17) is 4.98 Å². The molecule has 0 amide bonds. The predicted octanol–water partition coefficient (Wildman–Crippen LogP) is 4.91. The van der Waals surface area contributed by atoms with Gasteiger partial charge in [0.1, 0.15) is 10.4 Å². The molecule has 0 saturated heterocycles. The van der Waals surface area contributed by atoms with Crippen molar-refractivity contribution in [1.82, 2.24) is 24.6 Å². The number of anilines is 2. The Morgan fingerprint density at radius 3 is 2.70 bits per heavy atom. The second-order valence-electron chi connectivity index (χ2n) is 9.91. The maximum atomic E-state index is 13.2. The molecule has 5 rings (SSSR count). The summed E-state index contributed by atoms with van der Waals surface area (Å²) in [4.78, 5) is 23.8. The number of hydrogen-bond donors (Lipinski definition) is 2. The zero-order chi connectivity index (χ0) is 23.3. The summed E-state index contributed by atoms with van der Waals surface area (Å²) in [7, 11) is 0. The van der Waals surface area contributed by atoms with Gasteiger partial charge in [0.05, 0.1) is 0 Å². The van der Waals surface area contributed by atoms with Crippen LogP contribution in [0.5, 0.6) is 0 Å². The lowest BCUT2D eigenvalue weighted by Gasteiger charge is -2.18. The molecule has 1 aliphatic rings. The van der Waals surface area contributed by atoms with Gasteiger partial charge in [0.25, 0.3) is 5.56 Å². The Morgan fingerprint density at radius 2 is 1.97 bits per heavy atom. The highest BCUT2D eigenvalue weighted by atomic mass is 32.1. The molecule has 2 N–H and O–H groups in total. The van der Waals surface area contributed by atoms with Crippen LogP contribution in [0.4, 0.5) is 11.6 Å². The number of nitrogens with one attached hydrogen (secondary N) is 2. The smallest absolute Gasteiger partial charge is 0.278 e. The van der Waals surface area contributed by atoms with Crippen molar-refractivity contribution >= 4 is 34.0 Å². The number of thiophene rings is 1. The predicted molar refractivity (Wildman–Crippen MR) is 135 cm³/mol. The standard InChI is InChI=1S/C25H30N6OS/c1-15(2)30-23(32)19-14-27-24(28-18-7-6-16-10-11-26-13-17(16)12-18)29-22(19)31(30)21-9-8-20(33-21)25(3,4)5/h6-9,12,14-15,26H,10-11,13H2,1-5H3,(H,27,28,29). The van der Waals surface area contributed by atoms with Gasteiger partial charge in [0, 0.05) is 29.3 Å². The number of nitrogens with zero attached hydrogens (tertiary/aromatic N) is 4. The molecule has 4 aromatic rings. The van der Waals surface area contributed by atoms with Crippen molar-refractivity contribution in [1.29, 1.82) is 0 Å². The summed E-state index contributed by atoms with van der Waals surface area (Å²) in [5, 5.41) is 8.26. The van der Waals surface area contributed by atoms with E-state index in [1.807, 2.05) is 18.5 Å². The van der Waals surface area contributed by atoms with Crippen LogP contribution < -0.4 is 16.2 Å². The van der Waals surface area contributed by atoms with Crippen molar-refractivity contribution in [2.45, 2.75) is 59.0 Å². The lowest BCUT2D eigenvalue weighted by Crippen LogP contribution is -2.23. The van der Waals surface area contributed by atoms with Crippen LogP contribution in [0.25, 0.3) is 16.0 Å². The van der Waals surface area contributed by atoms with Crippen LogP contribution in [0, 0.1) is 0 Å². The lowest BCUT2D eigenvalue weighted by atomic mass is 9.95. The third kappa shape index (κ3) is 3.98. The van der Waals surface area contributed by atoms with E-state index >= 15 is 0 Å². The van der Waals surface area contributed by atoms with E-state index in [1.54, 1.807) is 22.2 Å². The fourth-order valence-corrected chi connectivity index (χ4v) is 5.33. The van der Waals surface area contributed by atoms with Crippen LogP contribution in [-0.4, -0.2) is 25.9 Å². The Hall–Kier alpha value is -2.97. The Bertz CT molecular complexity index is 1390. The minimum Gasteiger partial charge on any atom is -0.324 e. The van der Waals surface area contributed by atoms with Crippen LogP contribution in [0.1, 0.15) is 56.7 Å². The summed E-state index contributed by atoms with van der Waals surface area (Å²) in [6.07, 6.45) is 2.69. The van der Waals surface area contributed by atoms with Crippen molar-refractivity contribution in [3.05, 3.63) is 62.9 Å². The Balaban J connectivity index is 1.61. The fraction of sp³-hybridized carbons (Fsp3) is 0.400. The zero-order valence-electron chi connectivity index (χ0n) is 19.8. The Kier molecular flexibility index (Phi) is 5.37. The first-order valence-electron chi connectivity index (χ1n) is 11.4. The largest absolute Gasteiger partial charge is 0.324 e. The first-order valence-corrected chi connectivity index (χ1v) is 12.2. The first-order chi connectivity index (χ1) is 15.7. The minimum absolute atomic E-state index is 0.0172. The molecule has 0 spiro atoms. The van der Waals surface area contributed by atoms with E-state index in [-0.39, 0.29) is 17.0 Å². The number of hydrogen-bond acceptors (Lipinski definition) is 6. The van der Waals surface area contributed by atoms with Crippen molar-refractivity contribution in [2.24, 2.45) is 0 Å². The maximum Gasteiger partial charge on any atom is 0.278 e. The quantitative estimate of drug-likeness (QED) is 0.451.